The van der Waals surface area contributed by atoms with Crippen LogP contribution in [0.25, 0.3) is 0 Å². The number of amides is 2. The van der Waals surface area contributed by atoms with Gasteiger partial charge in [0, 0.05) is 19.2 Å². The van der Waals surface area contributed by atoms with E-state index in [1.807, 2.05) is 41.7 Å². The Kier molecular flexibility index (Phi) is 7.68. The maximum absolute atomic E-state index is 12.1. The first-order valence-electron chi connectivity index (χ1n) is 9.19. The van der Waals surface area contributed by atoms with Crippen molar-refractivity contribution in [2.24, 2.45) is 0 Å². The van der Waals surface area contributed by atoms with Gasteiger partial charge in [0.25, 0.3) is 11.8 Å². The molecule has 7 heteroatoms. The number of nitrogens with one attached hydrogen (secondary N) is 2. The summed E-state index contributed by atoms with van der Waals surface area (Å²) >= 11 is 3.96. The Hall–Kier alpha value is -2.12. The van der Waals surface area contributed by atoms with E-state index < -0.39 is 0 Å². The predicted molar refractivity (Wildman–Crippen MR) is 116 cm³/mol. The van der Waals surface area contributed by atoms with E-state index in [2.05, 4.69) is 22.8 Å². The Bertz CT molecular complexity index is 806. The van der Waals surface area contributed by atoms with E-state index in [0.29, 0.717) is 22.4 Å². The third kappa shape index (κ3) is 5.94. The lowest BCUT2D eigenvalue weighted by Crippen LogP contribution is -2.28. The van der Waals surface area contributed by atoms with E-state index in [9.17, 15) is 9.59 Å². The molecule has 3 rings (SSSR count). The molecule has 0 saturated carbocycles. The second-order valence-corrected chi connectivity index (χ2v) is 9.07. The van der Waals surface area contributed by atoms with Crippen LogP contribution in [-0.2, 0) is 11.3 Å². The number of benzene rings is 2. The molecule has 0 bridgehead atoms. The van der Waals surface area contributed by atoms with Crippen LogP contribution in [0.15, 0.2) is 48.5 Å². The van der Waals surface area contributed by atoms with Crippen molar-refractivity contribution in [3.05, 3.63) is 65.2 Å². The van der Waals surface area contributed by atoms with Crippen molar-refractivity contribution < 1.29 is 14.3 Å². The van der Waals surface area contributed by atoms with Crippen molar-refractivity contribution in [1.82, 2.24) is 10.6 Å². The summed E-state index contributed by atoms with van der Waals surface area (Å²) < 4.78 is 6.09. The number of hydrogen-bond donors (Lipinski definition) is 2. The summed E-state index contributed by atoms with van der Waals surface area (Å²) in [4.78, 5) is 23.7. The van der Waals surface area contributed by atoms with Crippen molar-refractivity contribution in [3.63, 3.8) is 0 Å². The molecule has 1 saturated heterocycles. The summed E-state index contributed by atoms with van der Waals surface area (Å²) in [7, 11) is 1.59. The maximum Gasteiger partial charge on any atom is 0.258 e. The number of hydrogen-bond acceptors (Lipinski definition) is 5. The minimum Gasteiger partial charge on any atom is -0.484 e. The van der Waals surface area contributed by atoms with Crippen LogP contribution >= 0.6 is 23.5 Å². The van der Waals surface area contributed by atoms with E-state index in [4.69, 9.17) is 4.74 Å². The Morgan fingerprint density at radius 2 is 1.86 bits per heavy atom. The van der Waals surface area contributed by atoms with E-state index in [-0.39, 0.29) is 18.4 Å². The number of ether oxygens (including phenoxy) is 1. The van der Waals surface area contributed by atoms with Gasteiger partial charge in [0.15, 0.2) is 6.61 Å². The molecular weight excluding hydrogens is 392 g/mol. The average molecular weight is 417 g/mol. The van der Waals surface area contributed by atoms with Gasteiger partial charge in [-0.3, -0.25) is 9.59 Å². The molecule has 0 aliphatic carbocycles. The summed E-state index contributed by atoms with van der Waals surface area (Å²) in [6.45, 7) is 0.309. The monoisotopic (exact) mass is 416 g/mol. The molecule has 0 aromatic heterocycles. The normalized spacial score (nSPS) is 14.3. The van der Waals surface area contributed by atoms with Gasteiger partial charge in [0.2, 0.25) is 0 Å². The maximum atomic E-state index is 12.1. The van der Waals surface area contributed by atoms with Crippen LogP contribution in [-0.4, -0.2) is 37.0 Å². The van der Waals surface area contributed by atoms with Crippen LogP contribution < -0.4 is 15.4 Å². The molecule has 1 aliphatic rings. The molecule has 1 aliphatic heterocycles. The number of thioether (sulfide) groups is 2. The highest BCUT2D eigenvalue weighted by molar-refractivity contribution is 8.16. The first-order chi connectivity index (χ1) is 13.7. The molecule has 0 atom stereocenters. The summed E-state index contributed by atoms with van der Waals surface area (Å²) in [5.74, 6) is 2.76. The minimum absolute atomic E-state index is 0.0403. The zero-order valence-corrected chi connectivity index (χ0v) is 17.4. The van der Waals surface area contributed by atoms with Crippen LogP contribution in [0.3, 0.4) is 0 Å². The minimum atomic E-state index is -0.201. The van der Waals surface area contributed by atoms with Gasteiger partial charge in [0.1, 0.15) is 5.75 Å². The Morgan fingerprint density at radius 3 is 2.57 bits per heavy atom. The van der Waals surface area contributed by atoms with Gasteiger partial charge in [-0.15, -0.1) is 23.5 Å². The summed E-state index contributed by atoms with van der Waals surface area (Å²) in [6.07, 6.45) is 1.28. The SMILES string of the molecule is CNC(=O)c1cccc(CNC(=O)COc2ccc(C3SCCCS3)cc2)c1. The van der Waals surface area contributed by atoms with Gasteiger partial charge in [0.05, 0.1) is 4.58 Å². The molecule has 0 unspecified atom stereocenters. The van der Waals surface area contributed by atoms with Crippen LogP contribution in [0.5, 0.6) is 5.75 Å². The van der Waals surface area contributed by atoms with Crippen molar-refractivity contribution in [1.29, 1.82) is 0 Å². The molecule has 2 amide bonds. The lowest BCUT2D eigenvalue weighted by atomic mass is 10.1. The van der Waals surface area contributed by atoms with Crippen LogP contribution in [0.4, 0.5) is 0 Å². The lowest BCUT2D eigenvalue weighted by Gasteiger charge is -2.21. The molecule has 2 aromatic carbocycles. The quantitative estimate of drug-likeness (QED) is 0.722. The highest BCUT2D eigenvalue weighted by atomic mass is 32.2. The molecule has 1 heterocycles. The van der Waals surface area contributed by atoms with Crippen molar-refractivity contribution in [2.75, 3.05) is 25.2 Å². The van der Waals surface area contributed by atoms with Crippen LogP contribution in [0.2, 0.25) is 0 Å². The molecule has 2 aromatic rings. The molecule has 5 nitrogen and oxygen atoms in total. The third-order valence-corrected chi connectivity index (χ3v) is 7.27. The largest absolute Gasteiger partial charge is 0.484 e. The second kappa shape index (κ2) is 10.4. The van der Waals surface area contributed by atoms with Gasteiger partial charge >= 0.3 is 0 Å². The molecule has 0 spiro atoms. The third-order valence-electron chi connectivity index (χ3n) is 4.26. The highest BCUT2D eigenvalue weighted by Gasteiger charge is 2.16. The molecule has 148 valence electrons. The van der Waals surface area contributed by atoms with Gasteiger partial charge in [-0.25, -0.2) is 0 Å². The van der Waals surface area contributed by atoms with Gasteiger partial charge in [-0.1, -0.05) is 24.3 Å². The Morgan fingerprint density at radius 1 is 1.11 bits per heavy atom. The van der Waals surface area contributed by atoms with E-state index >= 15 is 0 Å². The zero-order chi connectivity index (χ0) is 19.8. The van der Waals surface area contributed by atoms with E-state index in [1.165, 1.54) is 23.5 Å². The molecular formula is C21H24N2O3S2. The van der Waals surface area contributed by atoms with Crippen molar-refractivity contribution >= 4 is 35.3 Å². The second-order valence-electron chi connectivity index (χ2n) is 6.34. The topological polar surface area (TPSA) is 67.4 Å². The molecule has 0 radical (unpaired) electrons. The van der Waals surface area contributed by atoms with Crippen LogP contribution in [0, 0.1) is 0 Å². The smallest absolute Gasteiger partial charge is 0.258 e. The summed E-state index contributed by atoms with van der Waals surface area (Å²) in [6, 6.07) is 15.2. The first kappa shape index (κ1) is 20.6. The predicted octanol–water partition coefficient (Wildman–Crippen LogP) is 3.61. The first-order valence-corrected chi connectivity index (χ1v) is 11.3. The lowest BCUT2D eigenvalue weighted by molar-refractivity contribution is -0.123. The van der Waals surface area contributed by atoms with Crippen molar-refractivity contribution in [2.45, 2.75) is 17.5 Å². The highest BCUT2D eigenvalue weighted by Crippen LogP contribution is 2.43. The van der Waals surface area contributed by atoms with Gasteiger partial charge in [-0.2, -0.15) is 0 Å². The number of rotatable bonds is 7. The zero-order valence-electron chi connectivity index (χ0n) is 15.8. The number of carbonyl (C=O) groups is 2. The molecule has 28 heavy (non-hydrogen) atoms. The molecule has 2 N–H and O–H groups in total. The van der Waals surface area contributed by atoms with E-state index in [1.54, 1.807) is 25.2 Å². The van der Waals surface area contributed by atoms with Crippen LogP contribution in [0.1, 0.15) is 32.5 Å². The fourth-order valence-corrected chi connectivity index (χ4v) is 5.66. The van der Waals surface area contributed by atoms with E-state index in [0.717, 1.165) is 5.56 Å². The average Bonchev–Trinajstić information content (AvgIpc) is 2.77. The fourth-order valence-electron chi connectivity index (χ4n) is 2.77. The molecule has 1 fully saturated rings. The Labute approximate surface area is 174 Å². The number of carbonyl (C=O) groups excluding carboxylic acids is 2. The van der Waals surface area contributed by atoms with Gasteiger partial charge in [-0.05, 0) is 53.3 Å². The van der Waals surface area contributed by atoms with Gasteiger partial charge < -0.3 is 15.4 Å². The summed E-state index contributed by atoms with van der Waals surface area (Å²) in [5, 5.41) is 5.40. The Balaban J connectivity index is 1.44. The van der Waals surface area contributed by atoms with Crippen molar-refractivity contribution in [3.8, 4) is 5.75 Å². The standard InChI is InChI=1S/C21H24N2O3S2/c1-22-20(25)17-5-2-4-15(12-17)13-23-19(24)14-26-18-8-6-16(7-9-18)21-27-10-3-11-28-21/h2,4-9,12,21H,3,10-11,13-14H2,1H3,(H,22,25)(H,23,24). The summed E-state index contributed by atoms with van der Waals surface area (Å²) in [5.41, 5.74) is 2.73. The fraction of sp³-hybridized carbons (Fsp3) is 0.333.